The fraction of sp³-hybridized carbons (Fsp3) is 0.130. The van der Waals surface area contributed by atoms with Crippen molar-refractivity contribution in [2.75, 3.05) is 13.1 Å². The summed E-state index contributed by atoms with van der Waals surface area (Å²) in [5.74, 6) is 6.83. The second-order valence-corrected chi connectivity index (χ2v) is 6.67. The first-order chi connectivity index (χ1) is 12.3. The summed E-state index contributed by atoms with van der Waals surface area (Å²) in [5.41, 5.74) is 2.29. The molecule has 2 heteroatoms. The zero-order valence-corrected chi connectivity index (χ0v) is 15.0. The number of hydrogen-bond acceptors (Lipinski definition) is 2. The van der Waals surface area contributed by atoms with Crippen LogP contribution in [0.1, 0.15) is 17.2 Å². The molecule has 124 valence electrons. The molecule has 0 saturated carbocycles. The molecule has 0 spiro atoms. The van der Waals surface area contributed by atoms with Gasteiger partial charge in [-0.15, -0.1) is 24.5 Å². The zero-order chi connectivity index (χ0) is 17.5. The fourth-order valence-electron chi connectivity index (χ4n) is 2.87. The van der Waals surface area contributed by atoms with Gasteiger partial charge in [-0.1, -0.05) is 60.4 Å². The number of fused-ring (bicyclic) bond motifs is 1. The van der Waals surface area contributed by atoms with Gasteiger partial charge < -0.3 is 0 Å². The molecule has 0 amide bonds. The number of benzene rings is 2. The maximum absolute atomic E-state index is 3.91. The van der Waals surface area contributed by atoms with Crippen LogP contribution in [0.15, 0.2) is 85.3 Å². The van der Waals surface area contributed by atoms with Crippen molar-refractivity contribution in [3.8, 4) is 11.8 Å². The highest BCUT2D eigenvalue weighted by Crippen LogP contribution is 2.33. The average molecular weight is 343 g/mol. The molecule has 0 aliphatic rings. The predicted octanol–water partition coefficient (Wildman–Crippen LogP) is 5.67. The number of nitrogens with zero attached hydrogens (tertiary/aromatic N) is 1. The Morgan fingerprint density at radius 1 is 0.960 bits per heavy atom. The van der Waals surface area contributed by atoms with Gasteiger partial charge in [-0.25, -0.2) is 0 Å². The largest absolute Gasteiger partial charge is 0.279 e. The summed E-state index contributed by atoms with van der Waals surface area (Å²) in [6.07, 6.45) is 3.85. The van der Waals surface area contributed by atoms with E-state index >= 15 is 0 Å². The lowest BCUT2D eigenvalue weighted by molar-refractivity contribution is 0.295. The van der Waals surface area contributed by atoms with E-state index in [0.29, 0.717) is 0 Å². The molecular formula is C23H21NS. The predicted molar refractivity (Wildman–Crippen MR) is 110 cm³/mol. The summed E-state index contributed by atoms with van der Waals surface area (Å²) in [7, 11) is 0. The van der Waals surface area contributed by atoms with E-state index in [1.54, 1.807) is 11.3 Å². The molecule has 0 N–H and O–H groups in total. The Bertz CT molecular complexity index is 901. The summed E-state index contributed by atoms with van der Waals surface area (Å²) in [4.78, 5) is 2.30. The van der Waals surface area contributed by atoms with E-state index in [2.05, 4.69) is 59.5 Å². The summed E-state index contributed by atoms with van der Waals surface area (Å²) >= 11 is 1.77. The molecule has 1 heterocycles. The van der Waals surface area contributed by atoms with Crippen molar-refractivity contribution in [2.45, 2.75) is 6.04 Å². The number of hydrogen-bond donors (Lipinski definition) is 0. The number of thiophene rings is 1. The van der Waals surface area contributed by atoms with Gasteiger partial charge in [-0.05, 0) is 34.5 Å². The Labute approximate surface area is 153 Å². The molecule has 1 aromatic heterocycles. The molecule has 0 saturated heterocycles. The van der Waals surface area contributed by atoms with Crippen molar-refractivity contribution < 1.29 is 0 Å². The van der Waals surface area contributed by atoms with Crippen molar-refractivity contribution in [2.24, 2.45) is 0 Å². The Morgan fingerprint density at radius 3 is 2.36 bits per heavy atom. The lowest BCUT2D eigenvalue weighted by Gasteiger charge is -2.26. The van der Waals surface area contributed by atoms with Crippen LogP contribution in [0.25, 0.3) is 10.1 Å². The first-order valence-electron chi connectivity index (χ1n) is 8.32. The second kappa shape index (κ2) is 8.48. The van der Waals surface area contributed by atoms with Gasteiger partial charge in [0.05, 0.1) is 6.04 Å². The minimum Gasteiger partial charge on any atom is -0.279 e. The summed E-state index contributed by atoms with van der Waals surface area (Å²) in [6.45, 7) is 9.35. The molecule has 1 atom stereocenters. The first-order valence-corrected chi connectivity index (χ1v) is 9.20. The summed E-state index contributed by atoms with van der Waals surface area (Å²) < 4.78 is 1.29. The third kappa shape index (κ3) is 4.09. The highest BCUT2D eigenvalue weighted by atomic mass is 32.1. The van der Waals surface area contributed by atoms with Gasteiger partial charge in [0.1, 0.15) is 0 Å². The lowest BCUT2D eigenvalue weighted by atomic mass is 10.0. The topological polar surface area (TPSA) is 3.24 Å². The molecule has 25 heavy (non-hydrogen) atoms. The third-order valence-corrected chi connectivity index (χ3v) is 5.01. The van der Waals surface area contributed by atoms with E-state index in [0.717, 1.165) is 18.7 Å². The summed E-state index contributed by atoms with van der Waals surface area (Å²) in [5, 5.41) is 3.51. The van der Waals surface area contributed by atoms with Gasteiger partial charge >= 0.3 is 0 Å². The first kappa shape index (κ1) is 17.2. The van der Waals surface area contributed by atoms with E-state index in [4.69, 9.17) is 0 Å². The van der Waals surface area contributed by atoms with E-state index < -0.39 is 0 Å². The highest BCUT2D eigenvalue weighted by molar-refractivity contribution is 7.17. The van der Waals surface area contributed by atoms with Gasteiger partial charge in [-0.3, -0.25) is 4.90 Å². The molecule has 3 rings (SSSR count). The van der Waals surface area contributed by atoms with Crippen LogP contribution in [0.3, 0.4) is 0 Å². The average Bonchev–Trinajstić information content (AvgIpc) is 3.07. The van der Waals surface area contributed by atoms with Crippen LogP contribution in [0.4, 0.5) is 0 Å². The van der Waals surface area contributed by atoms with Crippen molar-refractivity contribution >= 4 is 21.4 Å². The van der Waals surface area contributed by atoms with Crippen LogP contribution in [0.2, 0.25) is 0 Å². The molecule has 2 aromatic carbocycles. The van der Waals surface area contributed by atoms with Crippen LogP contribution in [-0.4, -0.2) is 18.0 Å². The second-order valence-electron chi connectivity index (χ2n) is 5.76. The summed E-state index contributed by atoms with van der Waals surface area (Å²) in [6, 6.07) is 18.7. The van der Waals surface area contributed by atoms with Gasteiger partial charge in [0.15, 0.2) is 0 Å². The van der Waals surface area contributed by atoms with Crippen molar-refractivity contribution in [3.63, 3.8) is 0 Å². The van der Waals surface area contributed by atoms with Crippen LogP contribution in [0.5, 0.6) is 0 Å². The SMILES string of the molecule is C=CCN(CC=C)[C@H](C#Cc1ccccc1)c1csc2ccccc12. The Hall–Kier alpha value is -2.60. The van der Waals surface area contributed by atoms with E-state index in [1.165, 1.54) is 15.6 Å². The minimum atomic E-state index is 0.00681. The molecule has 3 aromatic rings. The van der Waals surface area contributed by atoms with Crippen LogP contribution >= 0.6 is 11.3 Å². The van der Waals surface area contributed by atoms with Gasteiger partial charge in [0.25, 0.3) is 0 Å². The van der Waals surface area contributed by atoms with Crippen molar-refractivity contribution in [1.29, 1.82) is 0 Å². The van der Waals surface area contributed by atoms with Crippen molar-refractivity contribution in [3.05, 3.63) is 96.4 Å². The minimum absolute atomic E-state index is 0.00681. The van der Waals surface area contributed by atoms with Gasteiger partial charge in [-0.2, -0.15) is 0 Å². The normalized spacial score (nSPS) is 11.7. The maximum atomic E-state index is 3.91. The van der Waals surface area contributed by atoms with E-state index in [-0.39, 0.29) is 6.04 Å². The molecule has 0 radical (unpaired) electrons. The maximum Gasteiger partial charge on any atom is 0.0994 e. The smallest absolute Gasteiger partial charge is 0.0994 e. The van der Waals surface area contributed by atoms with Crippen LogP contribution < -0.4 is 0 Å². The van der Waals surface area contributed by atoms with Gasteiger partial charge in [0, 0.05) is 23.4 Å². The lowest BCUT2D eigenvalue weighted by Crippen LogP contribution is -2.28. The van der Waals surface area contributed by atoms with E-state index in [9.17, 15) is 0 Å². The molecule has 0 bridgehead atoms. The highest BCUT2D eigenvalue weighted by Gasteiger charge is 2.19. The molecule has 0 fully saturated rings. The molecule has 0 aliphatic heterocycles. The molecule has 1 nitrogen and oxygen atoms in total. The Balaban J connectivity index is 2.06. The third-order valence-electron chi connectivity index (χ3n) is 4.02. The molecular weight excluding hydrogens is 322 g/mol. The standard InChI is InChI=1S/C23H21NS/c1-3-16-24(17-4-2)22(15-14-19-10-6-5-7-11-19)21-18-25-23-13-9-8-12-20(21)23/h3-13,18,22H,1-2,16-17H2/t22-/m1/s1. The van der Waals surface area contributed by atoms with E-state index in [1.807, 2.05) is 42.5 Å². The van der Waals surface area contributed by atoms with Gasteiger partial charge in [0.2, 0.25) is 0 Å². The van der Waals surface area contributed by atoms with Crippen LogP contribution in [0, 0.1) is 11.8 Å². The Morgan fingerprint density at radius 2 is 1.64 bits per heavy atom. The van der Waals surface area contributed by atoms with Crippen molar-refractivity contribution in [1.82, 2.24) is 4.90 Å². The number of rotatable bonds is 6. The molecule has 0 aliphatic carbocycles. The fourth-order valence-corrected chi connectivity index (χ4v) is 3.85. The molecule has 0 unspecified atom stereocenters. The Kier molecular flexibility index (Phi) is 5.85. The van der Waals surface area contributed by atoms with Crippen LogP contribution in [-0.2, 0) is 0 Å². The zero-order valence-electron chi connectivity index (χ0n) is 14.2. The quantitative estimate of drug-likeness (QED) is 0.412. The monoisotopic (exact) mass is 343 g/mol.